The van der Waals surface area contributed by atoms with Crippen molar-refractivity contribution in [2.24, 2.45) is 0 Å². The van der Waals surface area contributed by atoms with Gasteiger partial charge in [-0.2, -0.15) is 13.2 Å². The maximum Gasteiger partial charge on any atom is 0.416 e. The van der Waals surface area contributed by atoms with Gasteiger partial charge in [-0.3, -0.25) is 4.79 Å². The zero-order chi connectivity index (χ0) is 20.3. The van der Waals surface area contributed by atoms with Crippen LogP contribution in [0.15, 0.2) is 66.7 Å². The van der Waals surface area contributed by atoms with Gasteiger partial charge >= 0.3 is 12.1 Å². The summed E-state index contributed by atoms with van der Waals surface area (Å²) in [5.74, 6) is -0.397. The van der Waals surface area contributed by atoms with Gasteiger partial charge < -0.3 is 4.74 Å². The molecule has 0 spiro atoms. The summed E-state index contributed by atoms with van der Waals surface area (Å²) in [6.45, 7) is 0. The van der Waals surface area contributed by atoms with E-state index in [4.69, 9.17) is 16.3 Å². The van der Waals surface area contributed by atoms with E-state index in [2.05, 4.69) is 0 Å². The summed E-state index contributed by atoms with van der Waals surface area (Å²) in [4.78, 5) is 11.7. The highest BCUT2D eigenvalue weighted by Gasteiger charge is 2.30. The first kappa shape index (κ1) is 20.0. The largest absolute Gasteiger partial charge is 0.469 e. The number of hydrogen-bond donors (Lipinski definition) is 0. The standard InChI is InChI=1S/C22H16ClF3O2/c1-28-21(27)12-14-10-17(15-2-6-19(7-3-15)22(24,25)26)13-18(11-14)16-4-8-20(23)9-5-16/h2-11,13H,12H2,1H3. The molecule has 3 rings (SSSR count). The Kier molecular flexibility index (Phi) is 5.75. The van der Waals surface area contributed by atoms with E-state index >= 15 is 0 Å². The Hall–Kier alpha value is -2.79. The lowest BCUT2D eigenvalue weighted by molar-refractivity contribution is -0.140. The van der Waals surface area contributed by atoms with Gasteiger partial charge in [0.15, 0.2) is 0 Å². The van der Waals surface area contributed by atoms with Gasteiger partial charge in [0, 0.05) is 5.02 Å². The van der Waals surface area contributed by atoms with Gasteiger partial charge in [0.25, 0.3) is 0 Å². The van der Waals surface area contributed by atoms with Crippen LogP contribution in [0.2, 0.25) is 5.02 Å². The molecule has 0 aliphatic heterocycles. The van der Waals surface area contributed by atoms with Crippen LogP contribution in [0.3, 0.4) is 0 Å². The van der Waals surface area contributed by atoms with Gasteiger partial charge in [-0.15, -0.1) is 0 Å². The molecule has 0 bridgehead atoms. The van der Waals surface area contributed by atoms with E-state index in [0.29, 0.717) is 21.7 Å². The van der Waals surface area contributed by atoms with Gasteiger partial charge in [0.2, 0.25) is 0 Å². The minimum atomic E-state index is -4.39. The van der Waals surface area contributed by atoms with E-state index in [0.717, 1.165) is 23.3 Å². The number of alkyl halides is 3. The summed E-state index contributed by atoms with van der Waals surface area (Å²) < 4.78 is 43.2. The predicted octanol–water partition coefficient (Wildman–Crippen LogP) is 6.41. The highest BCUT2D eigenvalue weighted by atomic mass is 35.5. The summed E-state index contributed by atoms with van der Waals surface area (Å²) in [5, 5.41) is 0.595. The van der Waals surface area contributed by atoms with E-state index in [-0.39, 0.29) is 6.42 Å². The van der Waals surface area contributed by atoms with Crippen molar-refractivity contribution in [3.63, 3.8) is 0 Å². The van der Waals surface area contributed by atoms with Gasteiger partial charge in [-0.1, -0.05) is 48.0 Å². The molecule has 0 saturated carbocycles. The van der Waals surface area contributed by atoms with Crippen molar-refractivity contribution in [2.75, 3.05) is 7.11 Å². The summed E-state index contributed by atoms with van der Waals surface area (Å²) in [6, 6.07) is 17.6. The van der Waals surface area contributed by atoms with Crippen LogP contribution in [-0.2, 0) is 22.1 Å². The van der Waals surface area contributed by atoms with Gasteiger partial charge in [0.05, 0.1) is 19.1 Å². The van der Waals surface area contributed by atoms with Crippen molar-refractivity contribution in [1.29, 1.82) is 0 Å². The molecule has 0 amide bonds. The number of benzene rings is 3. The molecule has 0 aliphatic rings. The van der Waals surface area contributed by atoms with E-state index in [1.54, 1.807) is 18.2 Å². The minimum Gasteiger partial charge on any atom is -0.469 e. The maximum absolute atomic E-state index is 12.8. The summed E-state index contributed by atoms with van der Waals surface area (Å²) in [7, 11) is 1.31. The first-order valence-corrected chi connectivity index (χ1v) is 8.78. The van der Waals surface area contributed by atoms with Crippen LogP contribution in [0, 0.1) is 0 Å². The lowest BCUT2D eigenvalue weighted by Crippen LogP contribution is -2.05. The second kappa shape index (κ2) is 8.07. The van der Waals surface area contributed by atoms with Crippen molar-refractivity contribution in [3.05, 3.63) is 82.9 Å². The molecule has 3 aromatic rings. The van der Waals surface area contributed by atoms with E-state index in [9.17, 15) is 18.0 Å². The Morgan fingerprint density at radius 3 is 1.82 bits per heavy atom. The smallest absolute Gasteiger partial charge is 0.416 e. The average Bonchev–Trinajstić information content (AvgIpc) is 2.67. The van der Waals surface area contributed by atoms with Crippen molar-refractivity contribution in [3.8, 4) is 22.3 Å². The maximum atomic E-state index is 12.8. The van der Waals surface area contributed by atoms with Crippen LogP contribution in [0.1, 0.15) is 11.1 Å². The van der Waals surface area contributed by atoms with Gasteiger partial charge in [-0.25, -0.2) is 0 Å². The average molecular weight is 405 g/mol. The fourth-order valence-corrected chi connectivity index (χ4v) is 2.99. The molecule has 0 saturated heterocycles. The topological polar surface area (TPSA) is 26.3 Å². The third-order valence-electron chi connectivity index (χ3n) is 4.29. The molecule has 6 heteroatoms. The van der Waals surface area contributed by atoms with Gasteiger partial charge in [0.1, 0.15) is 0 Å². The molecule has 0 atom stereocenters. The van der Waals surface area contributed by atoms with Crippen molar-refractivity contribution in [1.82, 2.24) is 0 Å². The molecule has 0 radical (unpaired) electrons. The molecule has 0 aromatic heterocycles. The first-order chi connectivity index (χ1) is 13.3. The molecular weight excluding hydrogens is 389 g/mol. The zero-order valence-corrected chi connectivity index (χ0v) is 15.6. The Balaban J connectivity index is 2.06. The Morgan fingerprint density at radius 2 is 1.36 bits per heavy atom. The summed E-state index contributed by atoms with van der Waals surface area (Å²) >= 11 is 5.94. The number of carbonyl (C=O) groups excluding carboxylic acids is 1. The van der Waals surface area contributed by atoms with E-state index in [1.165, 1.54) is 19.2 Å². The monoisotopic (exact) mass is 404 g/mol. The number of hydrogen-bond acceptors (Lipinski definition) is 2. The third-order valence-corrected chi connectivity index (χ3v) is 4.54. The number of methoxy groups -OCH3 is 1. The lowest BCUT2D eigenvalue weighted by Gasteiger charge is -2.12. The normalized spacial score (nSPS) is 11.3. The van der Waals surface area contributed by atoms with Crippen LogP contribution < -0.4 is 0 Å². The van der Waals surface area contributed by atoms with Crippen LogP contribution in [-0.4, -0.2) is 13.1 Å². The third kappa shape index (κ3) is 4.73. The molecule has 3 aromatic carbocycles. The molecule has 0 N–H and O–H groups in total. The fourth-order valence-electron chi connectivity index (χ4n) is 2.86. The molecule has 2 nitrogen and oxygen atoms in total. The molecule has 28 heavy (non-hydrogen) atoms. The number of halogens is 4. The Bertz CT molecular complexity index is 978. The summed E-state index contributed by atoms with van der Waals surface area (Å²) in [5.41, 5.74) is 3.03. The second-order valence-corrected chi connectivity index (χ2v) is 6.69. The Labute approximate surface area is 165 Å². The number of carbonyl (C=O) groups is 1. The molecule has 0 aliphatic carbocycles. The van der Waals surface area contributed by atoms with Crippen LogP contribution in [0.5, 0.6) is 0 Å². The molecule has 0 unspecified atom stereocenters. The highest BCUT2D eigenvalue weighted by Crippen LogP contribution is 2.33. The fraction of sp³-hybridized carbons (Fsp3) is 0.136. The van der Waals surface area contributed by atoms with Crippen LogP contribution >= 0.6 is 11.6 Å². The minimum absolute atomic E-state index is 0.0611. The van der Waals surface area contributed by atoms with Crippen LogP contribution in [0.25, 0.3) is 22.3 Å². The van der Waals surface area contributed by atoms with Crippen molar-refractivity contribution in [2.45, 2.75) is 12.6 Å². The van der Waals surface area contributed by atoms with E-state index in [1.807, 2.05) is 24.3 Å². The predicted molar refractivity (Wildman–Crippen MR) is 103 cm³/mol. The Morgan fingerprint density at radius 1 is 0.857 bits per heavy atom. The number of esters is 1. The molecule has 0 heterocycles. The summed E-state index contributed by atoms with van der Waals surface area (Å²) in [6.07, 6.45) is -4.33. The lowest BCUT2D eigenvalue weighted by atomic mass is 9.94. The number of rotatable bonds is 4. The molecule has 0 fully saturated rings. The van der Waals surface area contributed by atoms with Crippen molar-refractivity contribution < 1.29 is 22.7 Å². The van der Waals surface area contributed by atoms with Gasteiger partial charge in [-0.05, 0) is 58.1 Å². The molecular formula is C22H16ClF3O2. The van der Waals surface area contributed by atoms with Crippen LogP contribution in [0.4, 0.5) is 13.2 Å². The second-order valence-electron chi connectivity index (χ2n) is 6.25. The highest BCUT2D eigenvalue weighted by molar-refractivity contribution is 6.30. The SMILES string of the molecule is COC(=O)Cc1cc(-c2ccc(Cl)cc2)cc(-c2ccc(C(F)(F)F)cc2)c1. The zero-order valence-electron chi connectivity index (χ0n) is 14.9. The number of ether oxygens (including phenoxy) is 1. The first-order valence-electron chi connectivity index (χ1n) is 8.40. The quantitative estimate of drug-likeness (QED) is 0.470. The molecule has 144 valence electrons. The van der Waals surface area contributed by atoms with E-state index < -0.39 is 17.7 Å². The van der Waals surface area contributed by atoms with Crippen molar-refractivity contribution >= 4 is 17.6 Å².